The van der Waals surface area contributed by atoms with Gasteiger partial charge >= 0.3 is 6.03 Å². The Kier molecular flexibility index (Phi) is 6.65. The molecule has 0 bridgehead atoms. The maximum Gasteiger partial charge on any atom is 0.315 e. The van der Waals surface area contributed by atoms with E-state index in [1.165, 1.54) is 12.8 Å². The van der Waals surface area contributed by atoms with Crippen LogP contribution >= 0.6 is 0 Å². The predicted molar refractivity (Wildman–Crippen MR) is 68.1 cm³/mol. The minimum absolute atomic E-state index is 0.132. The first-order chi connectivity index (χ1) is 8.27. The summed E-state index contributed by atoms with van der Waals surface area (Å²) in [5.74, 6) is 0. The third-order valence-electron chi connectivity index (χ3n) is 2.74. The summed E-state index contributed by atoms with van der Waals surface area (Å²) in [6, 6.07) is 0.565. The minimum atomic E-state index is -0.132. The van der Waals surface area contributed by atoms with Gasteiger partial charge in [0.25, 0.3) is 0 Å². The highest BCUT2D eigenvalue weighted by Gasteiger charge is 2.28. The molecule has 0 aromatic carbocycles. The Hall–Kier alpha value is -1.07. The Morgan fingerprint density at radius 1 is 1.47 bits per heavy atom. The van der Waals surface area contributed by atoms with Crippen LogP contribution < -0.4 is 10.6 Å². The average molecular weight is 241 g/mol. The van der Waals surface area contributed by atoms with Crippen LogP contribution in [-0.2, 0) is 4.74 Å². The molecule has 0 aliphatic heterocycles. The van der Waals surface area contributed by atoms with Crippen molar-refractivity contribution in [2.45, 2.75) is 18.9 Å². The zero-order valence-electron chi connectivity index (χ0n) is 10.6. The van der Waals surface area contributed by atoms with Crippen LogP contribution in [0.15, 0.2) is 12.7 Å². The molecule has 0 atom stereocenters. The molecule has 17 heavy (non-hydrogen) atoms. The number of urea groups is 1. The molecular formula is C12H23N3O2. The van der Waals surface area contributed by atoms with E-state index in [4.69, 9.17) is 4.74 Å². The average Bonchev–Trinajstić information content (AvgIpc) is 3.15. The quantitative estimate of drug-likeness (QED) is 0.581. The molecule has 1 aliphatic rings. The summed E-state index contributed by atoms with van der Waals surface area (Å²) in [6.45, 7) is 7.29. The molecule has 1 fully saturated rings. The lowest BCUT2D eigenvalue weighted by Gasteiger charge is -2.21. The maximum atomic E-state index is 11.3. The van der Waals surface area contributed by atoms with Gasteiger partial charge in [0.15, 0.2) is 0 Å². The number of ether oxygens (including phenoxy) is 1. The van der Waals surface area contributed by atoms with E-state index in [0.717, 1.165) is 19.7 Å². The van der Waals surface area contributed by atoms with Crippen molar-refractivity contribution < 1.29 is 9.53 Å². The number of hydrogen-bond acceptors (Lipinski definition) is 3. The largest absolute Gasteiger partial charge is 0.383 e. The van der Waals surface area contributed by atoms with Crippen molar-refractivity contribution in [2.24, 2.45) is 0 Å². The lowest BCUT2D eigenvalue weighted by atomic mass is 10.4. The highest BCUT2D eigenvalue weighted by Crippen LogP contribution is 2.25. The van der Waals surface area contributed by atoms with Crippen LogP contribution in [0.4, 0.5) is 4.79 Å². The van der Waals surface area contributed by atoms with Gasteiger partial charge in [-0.2, -0.15) is 0 Å². The molecule has 0 unspecified atom stereocenters. The number of rotatable bonds is 9. The zero-order valence-corrected chi connectivity index (χ0v) is 10.6. The molecule has 5 nitrogen and oxygen atoms in total. The summed E-state index contributed by atoms with van der Waals surface area (Å²) in [4.78, 5) is 13.6. The van der Waals surface area contributed by atoms with E-state index in [1.807, 2.05) is 0 Å². The molecule has 0 spiro atoms. The van der Waals surface area contributed by atoms with E-state index in [1.54, 1.807) is 13.2 Å². The van der Waals surface area contributed by atoms with Gasteiger partial charge < -0.3 is 15.4 Å². The summed E-state index contributed by atoms with van der Waals surface area (Å²) < 4.78 is 5.08. The summed E-state index contributed by atoms with van der Waals surface area (Å²) in [5, 5.41) is 5.51. The van der Waals surface area contributed by atoms with Crippen LogP contribution in [0.2, 0.25) is 0 Å². The van der Waals surface area contributed by atoms with Gasteiger partial charge in [-0.05, 0) is 12.8 Å². The van der Waals surface area contributed by atoms with Crippen molar-refractivity contribution in [1.29, 1.82) is 0 Å². The van der Waals surface area contributed by atoms with Crippen molar-refractivity contribution in [3.63, 3.8) is 0 Å². The highest BCUT2D eigenvalue weighted by atomic mass is 16.5. The van der Waals surface area contributed by atoms with E-state index in [-0.39, 0.29) is 6.03 Å². The molecule has 2 N–H and O–H groups in total. The Bertz CT molecular complexity index is 242. The van der Waals surface area contributed by atoms with Crippen molar-refractivity contribution in [3.8, 4) is 0 Å². The van der Waals surface area contributed by atoms with Gasteiger partial charge in [-0.25, -0.2) is 4.79 Å². The van der Waals surface area contributed by atoms with Gasteiger partial charge in [-0.3, -0.25) is 4.90 Å². The Morgan fingerprint density at radius 3 is 2.82 bits per heavy atom. The van der Waals surface area contributed by atoms with Gasteiger partial charge in [-0.15, -0.1) is 6.58 Å². The first-order valence-corrected chi connectivity index (χ1v) is 6.13. The predicted octanol–water partition coefficient (Wildman–Crippen LogP) is 0.582. The number of amides is 2. The van der Waals surface area contributed by atoms with Crippen LogP contribution in [0, 0.1) is 0 Å². The molecule has 2 amide bonds. The first-order valence-electron chi connectivity index (χ1n) is 6.13. The van der Waals surface area contributed by atoms with E-state index in [2.05, 4.69) is 22.1 Å². The minimum Gasteiger partial charge on any atom is -0.383 e. The molecule has 1 rings (SSSR count). The molecule has 98 valence electrons. The van der Waals surface area contributed by atoms with Crippen LogP contribution in [0.5, 0.6) is 0 Å². The fraction of sp³-hybridized carbons (Fsp3) is 0.750. The molecule has 0 aromatic heterocycles. The Morgan fingerprint density at radius 2 is 2.24 bits per heavy atom. The van der Waals surface area contributed by atoms with Crippen molar-refractivity contribution in [2.75, 3.05) is 39.9 Å². The Labute approximate surface area is 103 Å². The van der Waals surface area contributed by atoms with Crippen LogP contribution in [0.25, 0.3) is 0 Å². The zero-order chi connectivity index (χ0) is 12.5. The monoisotopic (exact) mass is 241 g/mol. The lowest BCUT2D eigenvalue weighted by Crippen LogP contribution is -2.41. The molecule has 1 aliphatic carbocycles. The van der Waals surface area contributed by atoms with Gasteiger partial charge in [-0.1, -0.05) is 6.08 Å². The van der Waals surface area contributed by atoms with Crippen molar-refractivity contribution in [1.82, 2.24) is 15.5 Å². The standard InChI is InChI=1S/C12H23N3O2/c1-3-6-13-12(16)14-7-8-15(9-10-17-2)11-4-5-11/h3,11H,1,4-10H2,2H3,(H2,13,14,16). The number of carbonyl (C=O) groups is 1. The molecule has 1 saturated carbocycles. The molecule has 0 saturated heterocycles. The summed E-state index contributed by atoms with van der Waals surface area (Å²) in [5.41, 5.74) is 0. The van der Waals surface area contributed by atoms with E-state index in [9.17, 15) is 4.79 Å². The first kappa shape index (κ1) is 14.0. The number of methoxy groups -OCH3 is 1. The van der Waals surface area contributed by atoms with Crippen LogP contribution in [0.3, 0.4) is 0 Å². The van der Waals surface area contributed by atoms with Gasteiger partial charge in [0, 0.05) is 39.3 Å². The molecule has 5 heteroatoms. The van der Waals surface area contributed by atoms with Crippen molar-refractivity contribution in [3.05, 3.63) is 12.7 Å². The second-order valence-electron chi connectivity index (χ2n) is 4.19. The van der Waals surface area contributed by atoms with Gasteiger partial charge in [0.2, 0.25) is 0 Å². The summed E-state index contributed by atoms with van der Waals surface area (Å²) >= 11 is 0. The van der Waals surface area contributed by atoms with Crippen LogP contribution in [-0.4, -0.2) is 56.9 Å². The summed E-state index contributed by atoms with van der Waals surface area (Å²) in [6.07, 6.45) is 4.20. The lowest BCUT2D eigenvalue weighted by molar-refractivity contribution is 0.144. The molecular weight excluding hydrogens is 218 g/mol. The number of nitrogens with zero attached hydrogens (tertiary/aromatic N) is 1. The van der Waals surface area contributed by atoms with Gasteiger partial charge in [0.05, 0.1) is 6.61 Å². The van der Waals surface area contributed by atoms with E-state index < -0.39 is 0 Å². The van der Waals surface area contributed by atoms with Gasteiger partial charge in [0.1, 0.15) is 0 Å². The smallest absolute Gasteiger partial charge is 0.315 e. The number of nitrogens with one attached hydrogen (secondary N) is 2. The maximum absolute atomic E-state index is 11.3. The second-order valence-corrected chi connectivity index (χ2v) is 4.19. The third-order valence-corrected chi connectivity index (χ3v) is 2.74. The molecule has 0 heterocycles. The normalized spacial score (nSPS) is 14.7. The number of carbonyl (C=O) groups excluding carboxylic acids is 1. The number of hydrogen-bond donors (Lipinski definition) is 2. The fourth-order valence-corrected chi connectivity index (χ4v) is 1.67. The highest BCUT2D eigenvalue weighted by molar-refractivity contribution is 5.73. The topological polar surface area (TPSA) is 53.6 Å². The Balaban J connectivity index is 2.09. The fourth-order valence-electron chi connectivity index (χ4n) is 1.67. The molecule has 0 aromatic rings. The molecule has 0 radical (unpaired) electrons. The van der Waals surface area contributed by atoms with E-state index in [0.29, 0.717) is 19.1 Å². The van der Waals surface area contributed by atoms with E-state index >= 15 is 0 Å². The second kappa shape index (κ2) is 8.08. The van der Waals surface area contributed by atoms with Crippen molar-refractivity contribution >= 4 is 6.03 Å². The summed E-state index contributed by atoms with van der Waals surface area (Å²) in [7, 11) is 1.71. The van der Waals surface area contributed by atoms with Crippen LogP contribution in [0.1, 0.15) is 12.8 Å². The third kappa shape index (κ3) is 6.28. The SMILES string of the molecule is C=CCNC(=O)NCCN(CCOC)C1CC1.